The van der Waals surface area contributed by atoms with Gasteiger partial charge in [0.05, 0.1) is 6.61 Å². The Morgan fingerprint density at radius 1 is 1.03 bits per heavy atom. The monoisotopic (exact) mass is 477 g/mol. The molecule has 35 heavy (non-hydrogen) atoms. The molecular formula is C26H27N3O6. The van der Waals surface area contributed by atoms with Crippen molar-refractivity contribution in [3.8, 4) is 0 Å². The summed E-state index contributed by atoms with van der Waals surface area (Å²) in [5.41, 5.74) is 0.196. The number of H-pyrrole nitrogens is 1. The first-order valence-corrected chi connectivity index (χ1v) is 11.5. The molecule has 3 atom stereocenters. The van der Waals surface area contributed by atoms with Crippen molar-refractivity contribution in [2.75, 3.05) is 13.1 Å². The Hall–Kier alpha value is -3.53. The minimum Gasteiger partial charge on any atom is -0.455 e. The van der Waals surface area contributed by atoms with Crippen LogP contribution in [0.15, 0.2) is 82.5 Å². The number of likely N-dealkylation sites (tertiary alicyclic amines) is 1. The molecule has 2 fully saturated rings. The van der Waals surface area contributed by atoms with Crippen molar-refractivity contribution in [2.24, 2.45) is 0 Å². The van der Waals surface area contributed by atoms with Gasteiger partial charge in [-0.25, -0.2) is 4.79 Å². The van der Waals surface area contributed by atoms with Crippen LogP contribution in [-0.2, 0) is 32.2 Å². The zero-order valence-electron chi connectivity index (χ0n) is 19.3. The van der Waals surface area contributed by atoms with Gasteiger partial charge in [-0.15, -0.1) is 0 Å². The van der Waals surface area contributed by atoms with Crippen LogP contribution in [-0.4, -0.2) is 51.3 Å². The fraction of sp³-hybridized carbons (Fsp3) is 0.346. The first-order valence-electron chi connectivity index (χ1n) is 11.5. The molecule has 3 aromatic rings. The van der Waals surface area contributed by atoms with Crippen LogP contribution >= 0.6 is 0 Å². The van der Waals surface area contributed by atoms with E-state index in [1.54, 1.807) is 0 Å². The first kappa shape index (κ1) is 23.2. The molecule has 182 valence electrons. The highest BCUT2D eigenvalue weighted by Crippen LogP contribution is 2.46. The minimum atomic E-state index is -0.942. The summed E-state index contributed by atoms with van der Waals surface area (Å²) in [5, 5.41) is 0. The second-order valence-electron chi connectivity index (χ2n) is 9.01. The number of hydrogen-bond acceptors (Lipinski definition) is 7. The highest BCUT2D eigenvalue weighted by molar-refractivity contribution is 5.66. The Morgan fingerprint density at radius 3 is 2.31 bits per heavy atom. The van der Waals surface area contributed by atoms with E-state index in [9.17, 15) is 14.4 Å². The fourth-order valence-electron chi connectivity index (χ4n) is 4.90. The summed E-state index contributed by atoms with van der Waals surface area (Å²) >= 11 is 0. The molecule has 2 aromatic carbocycles. The van der Waals surface area contributed by atoms with Crippen LogP contribution in [0.25, 0.3) is 0 Å². The number of aromatic amines is 1. The third-order valence-electron chi connectivity index (χ3n) is 6.38. The summed E-state index contributed by atoms with van der Waals surface area (Å²) in [6, 6.07) is 21.0. The van der Waals surface area contributed by atoms with Gasteiger partial charge in [-0.05, 0) is 11.1 Å². The first-order chi connectivity index (χ1) is 16.9. The Balaban J connectivity index is 1.45. The van der Waals surface area contributed by atoms with E-state index in [2.05, 4.69) is 22.0 Å². The van der Waals surface area contributed by atoms with Gasteiger partial charge in [0.25, 0.3) is 5.56 Å². The van der Waals surface area contributed by atoms with E-state index >= 15 is 0 Å². The smallest absolute Gasteiger partial charge is 0.330 e. The van der Waals surface area contributed by atoms with Gasteiger partial charge in [0.15, 0.2) is 12.3 Å². The van der Waals surface area contributed by atoms with Gasteiger partial charge in [0.1, 0.15) is 11.7 Å². The maximum atomic E-state index is 12.6. The molecule has 5 rings (SSSR count). The van der Waals surface area contributed by atoms with Crippen LogP contribution in [0.1, 0.15) is 24.3 Å². The third-order valence-corrected chi connectivity index (χ3v) is 6.38. The summed E-state index contributed by atoms with van der Waals surface area (Å²) in [6.07, 6.45) is -1.08. The summed E-state index contributed by atoms with van der Waals surface area (Å²) in [5.74, 6) is -0.508. The predicted octanol–water partition coefficient (Wildman–Crippen LogP) is 1.84. The molecule has 9 heteroatoms. The van der Waals surface area contributed by atoms with Crippen LogP contribution in [0.5, 0.6) is 0 Å². The Kier molecular flexibility index (Phi) is 6.38. The molecule has 1 spiro atoms. The molecule has 1 N–H and O–H groups in total. The maximum Gasteiger partial charge on any atom is 0.330 e. The molecule has 0 amide bonds. The fourth-order valence-corrected chi connectivity index (χ4v) is 4.90. The minimum absolute atomic E-state index is 0.292. The van der Waals surface area contributed by atoms with Crippen molar-refractivity contribution in [3.63, 3.8) is 0 Å². The van der Waals surface area contributed by atoms with E-state index in [1.807, 2.05) is 48.5 Å². The van der Waals surface area contributed by atoms with Crippen molar-refractivity contribution in [3.05, 3.63) is 105 Å². The second kappa shape index (κ2) is 9.61. The zero-order valence-corrected chi connectivity index (χ0v) is 19.3. The van der Waals surface area contributed by atoms with Crippen LogP contribution in [0, 0.1) is 0 Å². The average Bonchev–Trinajstić information content (AvgIpc) is 3.12. The van der Waals surface area contributed by atoms with Gasteiger partial charge >= 0.3 is 11.7 Å². The number of nitrogens with zero attached hydrogens (tertiary/aromatic N) is 2. The number of ether oxygens (including phenoxy) is 3. The number of aromatic nitrogens is 2. The Labute approximate surface area is 201 Å². The van der Waals surface area contributed by atoms with Gasteiger partial charge in [-0.1, -0.05) is 60.7 Å². The van der Waals surface area contributed by atoms with E-state index in [0.29, 0.717) is 19.7 Å². The molecule has 2 saturated heterocycles. The van der Waals surface area contributed by atoms with Gasteiger partial charge in [-0.3, -0.25) is 24.0 Å². The highest BCUT2D eigenvalue weighted by Gasteiger charge is 2.63. The number of esters is 1. The van der Waals surface area contributed by atoms with Gasteiger partial charge in [0, 0.05) is 38.8 Å². The standard InChI is InChI=1S/C26H27N3O6/c1-18(30)34-22-23(33-15-20-10-6-3-7-11-20)26(16-28(17-26)14-19-8-4-2-5-9-19)35-24(22)29-13-12-21(31)27-25(29)32/h2-13,22-24H,14-17H2,1H3,(H,27,31,32)/t22-,23-,24-/m1/s1. The summed E-state index contributed by atoms with van der Waals surface area (Å²) in [4.78, 5) is 40.8. The van der Waals surface area contributed by atoms with Crippen molar-refractivity contribution in [1.29, 1.82) is 0 Å². The number of hydrogen-bond donors (Lipinski definition) is 1. The van der Waals surface area contributed by atoms with Gasteiger partial charge < -0.3 is 14.2 Å². The largest absolute Gasteiger partial charge is 0.455 e. The molecular weight excluding hydrogens is 450 g/mol. The number of carbonyl (C=O) groups excluding carboxylic acids is 1. The molecule has 0 aliphatic carbocycles. The predicted molar refractivity (Wildman–Crippen MR) is 126 cm³/mol. The third kappa shape index (κ3) is 4.84. The van der Waals surface area contributed by atoms with Gasteiger partial charge in [0.2, 0.25) is 0 Å². The van der Waals surface area contributed by atoms with Crippen LogP contribution in [0.3, 0.4) is 0 Å². The molecule has 0 radical (unpaired) electrons. The Morgan fingerprint density at radius 2 is 1.69 bits per heavy atom. The second-order valence-corrected chi connectivity index (χ2v) is 9.01. The zero-order chi connectivity index (χ0) is 24.4. The number of rotatable bonds is 7. The number of nitrogens with one attached hydrogen (secondary N) is 1. The van der Waals surface area contributed by atoms with Crippen LogP contribution in [0.4, 0.5) is 0 Å². The normalized spacial score (nSPS) is 23.2. The summed E-state index contributed by atoms with van der Waals surface area (Å²) in [7, 11) is 0. The molecule has 3 heterocycles. The highest BCUT2D eigenvalue weighted by atomic mass is 16.6. The number of benzene rings is 2. The summed E-state index contributed by atoms with van der Waals surface area (Å²) < 4.78 is 19.8. The lowest BCUT2D eigenvalue weighted by molar-refractivity contribution is -0.195. The number of carbonyl (C=O) groups is 1. The molecule has 2 aliphatic heterocycles. The molecule has 0 saturated carbocycles. The van der Waals surface area contributed by atoms with Gasteiger partial charge in [-0.2, -0.15) is 0 Å². The van der Waals surface area contributed by atoms with Crippen molar-refractivity contribution >= 4 is 5.97 Å². The Bertz CT molecular complexity index is 1280. The lowest BCUT2D eigenvalue weighted by Crippen LogP contribution is -2.67. The topological polar surface area (TPSA) is 103 Å². The van der Waals surface area contributed by atoms with Crippen molar-refractivity contribution in [2.45, 2.75) is 44.1 Å². The average molecular weight is 478 g/mol. The summed E-state index contributed by atoms with van der Waals surface area (Å²) in [6.45, 7) is 3.41. The van der Waals surface area contributed by atoms with E-state index in [4.69, 9.17) is 14.2 Å². The SMILES string of the molecule is CC(=O)O[C@H]1[C@H](n2ccc(=O)[nH]c2=O)OC2(CN(Cc3ccccc3)C2)[C@@H]1OCc1ccccc1. The van der Waals surface area contributed by atoms with E-state index in [0.717, 1.165) is 12.1 Å². The quantitative estimate of drug-likeness (QED) is 0.518. The molecule has 0 bridgehead atoms. The van der Waals surface area contributed by atoms with E-state index < -0.39 is 41.3 Å². The molecule has 2 aliphatic rings. The van der Waals surface area contributed by atoms with Crippen LogP contribution < -0.4 is 11.2 Å². The van der Waals surface area contributed by atoms with Crippen molar-refractivity contribution < 1.29 is 19.0 Å². The molecule has 0 unspecified atom stereocenters. The van der Waals surface area contributed by atoms with Crippen molar-refractivity contribution in [1.82, 2.24) is 14.5 Å². The van der Waals surface area contributed by atoms with E-state index in [-0.39, 0.29) is 0 Å². The van der Waals surface area contributed by atoms with E-state index in [1.165, 1.54) is 29.3 Å². The van der Waals surface area contributed by atoms with Crippen LogP contribution in [0.2, 0.25) is 0 Å². The maximum absolute atomic E-state index is 12.6. The lowest BCUT2D eigenvalue weighted by atomic mass is 9.86. The molecule has 9 nitrogen and oxygen atoms in total. The molecule has 1 aromatic heterocycles. The lowest BCUT2D eigenvalue weighted by Gasteiger charge is -2.50.